The molecule has 3 rings (SSSR count). The van der Waals surface area contributed by atoms with Gasteiger partial charge in [-0.3, -0.25) is 9.59 Å². The van der Waals surface area contributed by atoms with Crippen LogP contribution < -0.4 is 5.32 Å². The molecule has 0 aliphatic heterocycles. The summed E-state index contributed by atoms with van der Waals surface area (Å²) < 4.78 is 5.11. The fourth-order valence-corrected chi connectivity index (χ4v) is 3.10. The molecule has 0 spiro atoms. The SMILES string of the molecule is Cc1ccccc1CC(=O)OCC(=O)NC1CCc2ccccc21. The maximum Gasteiger partial charge on any atom is 0.310 e. The Labute approximate surface area is 141 Å². The number of esters is 1. The van der Waals surface area contributed by atoms with Gasteiger partial charge in [-0.15, -0.1) is 0 Å². The molecule has 1 aliphatic rings. The Kier molecular flexibility index (Phi) is 4.94. The lowest BCUT2D eigenvalue weighted by Gasteiger charge is -2.14. The average Bonchev–Trinajstić information content (AvgIpc) is 2.98. The third kappa shape index (κ3) is 3.82. The minimum Gasteiger partial charge on any atom is -0.455 e. The second-order valence-electron chi connectivity index (χ2n) is 6.12. The molecule has 4 heteroatoms. The smallest absolute Gasteiger partial charge is 0.310 e. The second-order valence-corrected chi connectivity index (χ2v) is 6.12. The number of fused-ring (bicyclic) bond motifs is 1. The van der Waals surface area contributed by atoms with E-state index in [0.717, 1.165) is 29.5 Å². The molecule has 1 unspecified atom stereocenters. The third-order valence-electron chi connectivity index (χ3n) is 4.43. The number of amides is 1. The molecular formula is C20H21NO3. The van der Waals surface area contributed by atoms with Gasteiger partial charge in [0.2, 0.25) is 0 Å². The van der Waals surface area contributed by atoms with Crippen LogP contribution in [-0.2, 0) is 27.2 Å². The molecule has 0 aromatic heterocycles. The molecule has 124 valence electrons. The monoisotopic (exact) mass is 323 g/mol. The maximum absolute atomic E-state index is 12.0. The van der Waals surface area contributed by atoms with E-state index in [2.05, 4.69) is 11.4 Å². The van der Waals surface area contributed by atoms with Crippen LogP contribution in [0.2, 0.25) is 0 Å². The maximum atomic E-state index is 12.0. The molecule has 24 heavy (non-hydrogen) atoms. The quantitative estimate of drug-likeness (QED) is 0.861. The Balaban J connectivity index is 1.48. The number of rotatable bonds is 5. The highest BCUT2D eigenvalue weighted by Crippen LogP contribution is 2.30. The third-order valence-corrected chi connectivity index (χ3v) is 4.43. The zero-order valence-electron chi connectivity index (χ0n) is 13.7. The van der Waals surface area contributed by atoms with Crippen LogP contribution in [0, 0.1) is 6.92 Å². The Morgan fingerprint density at radius 2 is 1.88 bits per heavy atom. The number of carbonyl (C=O) groups excluding carboxylic acids is 2. The number of aryl methyl sites for hydroxylation is 2. The number of ether oxygens (including phenoxy) is 1. The van der Waals surface area contributed by atoms with Crippen LogP contribution in [0.5, 0.6) is 0 Å². The van der Waals surface area contributed by atoms with Crippen molar-refractivity contribution in [2.24, 2.45) is 0 Å². The number of hydrogen-bond donors (Lipinski definition) is 1. The van der Waals surface area contributed by atoms with Crippen LogP contribution in [0.25, 0.3) is 0 Å². The van der Waals surface area contributed by atoms with Gasteiger partial charge in [-0.25, -0.2) is 0 Å². The van der Waals surface area contributed by atoms with Gasteiger partial charge >= 0.3 is 5.97 Å². The Morgan fingerprint density at radius 3 is 2.71 bits per heavy atom. The van der Waals surface area contributed by atoms with Crippen molar-refractivity contribution >= 4 is 11.9 Å². The summed E-state index contributed by atoms with van der Waals surface area (Å²) in [7, 11) is 0. The van der Waals surface area contributed by atoms with Crippen molar-refractivity contribution in [2.75, 3.05) is 6.61 Å². The van der Waals surface area contributed by atoms with E-state index in [1.54, 1.807) is 0 Å². The van der Waals surface area contributed by atoms with Gasteiger partial charge in [-0.05, 0) is 42.0 Å². The van der Waals surface area contributed by atoms with Gasteiger partial charge in [0, 0.05) is 0 Å². The normalized spacial score (nSPS) is 15.6. The lowest BCUT2D eigenvalue weighted by molar-refractivity contribution is -0.148. The summed E-state index contributed by atoms with van der Waals surface area (Å²) >= 11 is 0. The highest BCUT2D eigenvalue weighted by molar-refractivity contribution is 5.81. The van der Waals surface area contributed by atoms with Crippen LogP contribution in [0.1, 0.15) is 34.7 Å². The van der Waals surface area contributed by atoms with Crippen molar-refractivity contribution in [2.45, 2.75) is 32.2 Å². The molecule has 1 amide bonds. The minimum atomic E-state index is -0.383. The van der Waals surface area contributed by atoms with Gasteiger partial charge in [-0.2, -0.15) is 0 Å². The van der Waals surface area contributed by atoms with Crippen molar-refractivity contribution in [3.05, 3.63) is 70.8 Å². The molecule has 0 saturated heterocycles. The molecule has 0 radical (unpaired) electrons. The number of hydrogen-bond acceptors (Lipinski definition) is 3. The van der Waals surface area contributed by atoms with Crippen LogP contribution in [0.4, 0.5) is 0 Å². The molecule has 0 heterocycles. The molecule has 4 nitrogen and oxygen atoms in total. The predicted octanol–water partition coefficient (Wildman–Crippen LogP) is 2.88. The van der Waals surface area contributed by atoms with E-state index in [1.165, 1.54) is 5.56 Å². The Hall–Kier alpha value is -2.62. The van der Waals surface area contributed by atoms with Crippen molar-refractivity contribution in [1.82, 2.24) is 5.32 Å². The predicted molar refractivity (Wildman–Crippen MR) is 91.5 cm³/mol. The topological polar surface area (TPSA) is 55.4 Å². The van der Waals surface area contributed by atoms with E-state index in [-0.39, 0.29) is 30.9 Å². The highest BCUT2D eigenvalue weighted by atomic mass is 16.5. The number of carbonyl (C=O) groups is 2. The first-order valence-corrected chi connectivity index (χ1v) is 8.21. The summed E-state index contributed by atoms with van der Waals surface area (Å²) in [5.74, 6) is -0.638. The molecule has 1 aliphatic carbocycles. The zero-order chi connectivity index (χ0) is 16.9. The first kappa shape index (κ1) is 16.2. The fourth-order valence-electron chi connectivity index (χ4n) is 3.10. The lowest BCUT2D eigenvalue weighted by atomic mass is 10.1. The second kappa shape index (κ2) is 7.30. The molecule has 0 fully saturated rings. The molecule has 0 saturated carbocycles. The van der Waals surface area contributed by atoms with Crippen molar-refractivity contribution in [3.8, 4) is 0 Å². The average molecular weight is 323 g/mol. The van der Waals surface area contributed by atoms with Gasteiger partial charge < -0.3 is 10.1 Å². The summed E-state index contributed by atoms with van der Waals surface area (Å²) in [4.78, 5) is 23.9. The fraction of sp³-hybridized carbons (Fsp3) is 0.300. The molecule has 1 atom stereocenters. The van der Waals surface area contributed by atoms with Crippen molar-refractivity contribution in [1.29, 1.82) is 0 Å². The Bertz CT molecular complexity index is 754. The highest BCUT2D eigenvalue weighted by Gasteiger charge is 2.23. The van der Waals surface area contributed by atoms with Crippen LogP contribution >= 0.6 is 0 Å². The van der Waals surface area contributed by atoms with Gasteiger partial charge in [0.15, 0.2) is 6.61 Å². The van der Waals surface area contributed by atoms with Gasteiger partial charge in [0.05, 0.1) is 12.5 Å². The summed E-state index contributed by atoms with van der Waals surface area (Å²) in [5.41, 5.74) is 4.41. The van der Waals surface area contributed by atoms with Gasteiger partial charge in [0.1, 0.15) is 0 Å². The van der Waals surface area contributed by atoms with Gasteiger partial charge in [-0.1, -0.05) is 48.5 Å². The minimum absolute atomic E-state index is 0.0174. The van der Waals surface area contributed by atoms with E-state index in [9.17, 15) is 9.59 Å². The zero-order valence-corrected chi connectivity index (χ0v) is 13.7. The standard InChI is InChI=1S/C20H21NO3/c1-14-6-2-3-8-16(14)12-20(23)24-13-19(22)21-18-11-10-15-7-4-5-9-17(15)18/h2-9,18H,10-13H2,1H3,(H,21,22). The molecular weight excluding hydrogens is 302 g/mol. The number of benzene rings is 2. The van der Waals surface area contributed by atoms with Crippen LogP contribution in [-0.4, -0.2) is 18.5 Å². The van der Waals surface area contributed by atoms with E-state index >= 15 is 0 Å². The van der Waals surface area contributed by atoms with E-state index in [4.69, 9.17) is 4.74 Å². The van der Waals surface area contributed by atoms with E-state index < -0.39 is 0 Å². The first-order chi connectivity index (χ1) is 11.6. The molecule has 2 aromatic rings. The van der Waals surface area contributed by atoms with Crippen LogP contribution in [0.15, 0.2) is 48.5 Å². The Morgan fingerprint density at radius 1 is 1.12 bits per heavy atom. The van der Waals surface area contributed by atoms with Crippen molar-refractivity contribution < 1.29 is 14.3 Å². The van der Waals surface area contributed by atoms with Gasteiger partial charge in [0.25, 0.3) is 5.91 Å². The van der Waals surface area contributed by atoms with E-state index in [0.29, 0.717) is 0 Å². The summed E-state index contributed by atoms with van der Waals surface area (Å²) in [5, 5.41) is 2.95. The molecule has 0 bridgehead atoms. The van der Waals surface area contributed by atoms with E-state index in [1.807, 2.05) is 49.4 Å². The largest absolute Gasteiger partial charge is 0.455 e. The van der Waals surface area contributed by atoms with Crippen LogP contribution in [0.3, 0.4) is 0 Å². The summed E-state index contributed by atoms with van der Waals surface area (Å²) in [6.45, 7) is 1.72. The number of nitrogens with one attached hydrogen (secondary N) is 1. The first-order valence-electron chi connectivity index (χ1n) is 8.21. The molecule has 2 aromatic carbocycles. The summed E-state index contributed by atoms with van der Waals surface area (Å²) in [6, 6.07) is 15.8. The van der Waals surface area contributed by atoms with Crippen molar-refractivity contribution in [3.63, 3.8) is 0 Å². The molecule has 1 N–H and O–H groups in total. The lowest BCUT2D eigenvalue weighted by Crippen LogP contribution is -2.31. The summed E-state index contributed by atoms with van der Waals surface area (Å²) in [6.07, 6.45) is 2.04.